The predicted octanol–water partition coefficient (Wildman–Crippen LogP) is 3.22. The van der Waals surface area contributed by atoms with Crippen LogP contribution in [-0.4, -0.2) is 18.4 Å². The molecule has 5 nitrogen and oxygen atoms in total. The molecule has 0 spiro atoms. The second-order valence-electron chi connectivity index (χ2n) is 4.86. The Morgan fingerprint density at radius 3 is 2.04 bits per heavy atom. The van der Waals surface area contributed by atoms with Gasteiger partial charge >= 0.3 is 0 Å². The molecule has 0 saturated heterocycles. The van der Waals surface area contributed by atoms with Crippen molar-refractivity contribution in [3.05, 3.63) is 54.3 Å². The van der Waals surface area contributed by atoms with Gasteiger partial charge in [0, 0.05) is 17.8 Å². The van der Waals surface area contributed by atoms with Crippen LogP contribution in [0.15, 0.2) is 48.5 Å². The molecule has 0 aliphatic rings. The van der Waals surface area contributed by atoms with E-state index in [1.54, 1.807) is 49.4 Å². The number of carbonyl (C=O) groups is 2. The highest BCUT2D eigenvalue weighted by Crippen LogP contribution is 2.14. The summed E-state index contributed by atoms with van der Waals surface area (Å²) in [6.45, 7) is 1.72. The molecule has 0 aliphatic carbocycles. The third-order valence-corrected chi connectivity index (χ3v) is 3.09. The lowest BCUT2D eigenvalue weighted by atomic mass is 10.2. The number of nitrogens with one attached hydrogen (secondary N) is 3. The van der Waals surface area contributed by atoms with Gasteiger partial charge in [-0.15, -0.1) is 0 Å². The topological polar surface area (TPSA) is 70.2 Å². The van der Waals surface area contributed by atoms with Gasteiger partial charge in [-0.05, 0) is 36.4 Å². The first-order valence-electron chi connectivity index (χ1n) is 7.26. The Hall–Kier alpha value is -2.89. The Morgan fingerprint density at radius 2 is 1.48 bits per heavy atom. The highest BCUT2D eigenvalue weighted by molar-refractivity contribution is 5.94. The van der Waals surface area contributed by atoms with Gasteiger partial charge in [0.05, 0.1) is 12.2 Å². The van der Waals surface area contributed by atoms with E-state index < -0.39 is 5.82 Å². The van der Waals surface area contributed by atoms with E-state index in [9.17, 15) is 14.0 Å². The zero-order valence-corrected chi connectivity index (χ0v) is 12.7. The van der Waals surface area contributed by atoms with Gasteiger partial charge in [0.15, 0.2) is 0 Å². The van der Waals surface area contributed by atoms with Crippen molar-refractivity contribution in [3.8, 4) is 0 Å². The molecule has 0 radical (unpaired) electrons. The van der Waals surface area contributed by atoms with Gasteiger partial charge < -0.3 is 16.0 Å². The van der Waals surface area contributed by atoms with Crippen molar-refractivity contribution in [2.45, 2.75) is 13.3 Å². The van der Waals surface area contributed by atoms with Crippen molar-refractivity contribution in [1.82, 2.24) is 0 Å². The Bertz CT molecular complexity index is 686. The van der Waals surface area contributed by atoms with Gasteiger partial charge in [-0.3, -0.25) is 9.59 Å². The molecule has 120 valence electrons. The number of anilines is 3. The Kier molecular flexibility index (Phi) is 5.68. The number of halogens is 1. The van der Waals surface area contributed by atoms with Crippen LogP contribution in [0.5, 0.6) is 0 Å². The summed E-state index contributed by atoms with van der Waals surface area (Å²) < 4.78 is 13.4. The smallest absolute Gasteiger partial charge is 0.243 e. The summed E-state index contributed by atoms with van der Waals surface area (Å²) in [7, 11) is 0. The lowest BCUT2D eigenvalue weighted by molar-refractivity contribution is -0.116. The molecule has 0 saturated carbocycles. The quantitative estimate of drug-likeness (QED) is 0.766. The monoisotopic (exact) mass is 315 g/mol. The standard InChI is InChI=1S/C17H18FN3O2/c1-2-16(22)20-12-7-9-13(10-8-12)21-17(23)11-19-15-6-4-3-5-14(15)18/h3-10,19H,2,11H2,1H3,(H,20,22)(H,21,23). The van der Waals surface area contributed by atoms with Crippen LogP contribution < -0.4 is 16.0 Å². The van der Waals surface area contributed by atoms with Crippen molar-refractivity contribution < 1.29 is 14.0 Å². The second kappa shape index (κ2) is 7.93. The van der Waals surface area contributed by atoms with Crippen LogP contribution in [-0.2, 0) is 9.59 Å². The van der Waals surface area contributed by atoms with Gasteiger partial charge in [0.2, 0.25) is 11.8 Å². The SMILES string of the molecule is CCC(=O)Nc1ccc(NC(=O)CNc2ccccc2F)cc1. The summed E-state index contributed by atoms with van der Waals surface area (Å²) in [5.41, 5.74) is 1.54. The van der Waals surface area contributed by atoms with Crippen LogP contribution >= 0.6 is 0 Å². The first-order chi connectivity index (χ1) is 11.1. The van der Waals surface area contributed by atoms with Crippen molar-refractivity contribution in [3.63, 3.8) is 0 Å². The normalized spacial score (nSPS) is 10.0. The van der Waals surface area contributed by atoms with Crippen LogP contribution in [0.1, 0.15) is 13.3 Å². The molecule has 2 amide bonds. The fourth-order valence-electron chi connectivity index (χ4n) is 1.87. The molecule has 0 aliphatic heterocycles. The van der Waals surface area contributed by atoms with Gasteiger partial charge in [0.1, 0.15) is 5.82 Å². The van der Waals surface area contributed by atoms with Crippen molar-refractivity contribution in [1.29, 1.82) is 0 Å². The van der Waals surface area contributed by atoms with E-state index in [-0.39, 0.29) is 24.0 Å². The maximum absolute atomic E-state index is 13.4. The summed E-state index contributed by atoms with van der Waals surface area (Å²) in [6.07, 6.45) is 0.403. The zero-order valence-electron chi connectivity index (χ0n) is 12.7. The molecule has 2 aromatic rings. The molecular weight excluding hydrogens is 297 g/mol. The van der Waals surface area contributed by atoms with Gasteiger partial charge in [-0.1, -0.05) is 19.1 Å². The fraction of sp³-hybridized carbons (Fsp3) is 0.176. The number of amides is 2. The molecule has 0 aromatic heterocycles. The Balaban J connectivity index is 1.85. The summed E-state index contributed by atoms with van der Waals surface area (Å²) >= 11 is 0. The second-order valence-corrected chi connectivity index (χ2v) is 4.86. The molecule has 0 heterocycles. The summed E-state index contributed by atoms with van der Waals surface area (Å²) in [4.78, 5) is 23.1. The van der Waals surface area contributed by atoms with E-state index in [1.165, 1.54) is 6.07 Å². The highest BCUT2D eigenvalue weighted by Gasteiger charge is 2.05. The van der Waals surface area contributed by atoms with Crippen molar-refractivity contribution in [2.75, 3.05) is 22.5 Å². The Labute approximate surface area is 133 Å². The minimum atomic E-state index is -0.406. The number of para-hydroxylation sites is 1. The first kappa shape index (κ1) is 16.5. The van der Waals surface area contributed by atoms with E-state index in [1.807, 2.05) is 0 Å². The molecule has 0 unspecified atom stereocenters. The summed E-state index contributed by atoms with van der Waals surface area (Å²) in [5.74, 6) is -0.772. The molecule has 0 fully saturated rings. The van der Waals surface area contributed by atoms with Crippen molar-refractivity contribution >= 4 is 28.9 Å². The third-order valence-electron chi connectivity index (χ3n) is 3.09. The molecule has 3 N–H and O–H groups in total. The van der Waals surface area contributed by atoms with Gasteiger partial charge in [-0.2, -0.15) is 0 Å². The number of hydrogen-bond donors (Lipinski definition) is 3. The lowest BCUT2D eigenvalue weighted by Crippen LogP contribution is -2.22. The summed E-state index contributed by atoms with van der Waals surface area (Å²) in [5, 5.41) is 8.14. The predicted molar refractivity (Wildman–Crippen MR) is 88.9 cm³/mol. The van der Waals surface area contributed by atoms with E-state index in [0.717, 1.165) is 0 Å². The fourth-order valence-corrected chi connectivity index (χ4v) is 1.87. The zero-order chi connectivity index (χ0) is 16.7. The average Bonchev–Trinajstić information content (AvgIpc) is 2.56. The van der Waals surface area contributed by atoms with Crippen LogP contribution in [0.4, 0.5) is 21.5 Å². The van der Waals surface area contributed by atoms with Crippen LogP contribution in [0.25, 0.3) is 0 Å². The number of benzene rings is 2. The van der Waals surface area contributed by atoms with E-state index >= 15 is 0 Å². The third kappa shape index (κ3) is 5.10. The molecule has 23 heavy (non-hydrogen) atoms. The molecule has 6 heteroatoms. The molecular formula is C17H18FN3O2. The number of rotatable bonds is 6. The lowest BCUT2D eigenvalue weighted by Gasteiger charge is -2.09. The van der Waals surface area contributed by atoms with Crippen molar-refractivity contribution in [2.24, 2.45) is 0 Å². The maximum Gasteiger partial charge on any atom is 0.243 e. The first-order valence-corrected chi connectivity index (χ1v) is 7.26. The number of carbonyl (C=O) groups excluding carboxylic acids is 2. The molecule has 0 atom stereocenters. The number of hydrogen-bond acceptors (Lipinski definition) is 3. The van der Waals surface area contributed by atoms with E-state index in [4.69, 9.17) is 0 Å². The van der Waals surface area contributed by atoms with Gasteiger partial charge in [-0.25, -0.2) is 4.39 Å². The van der Waals surface area contributed by atoms with E-state index in [2.05, 4.69) is 16.0 Å². The molecule has 2 aromatic carbocycles. The molecule has 2 rings (SSSR count). The van der Waals surface area contributed by atoms with Gasteiger partial charge in [0.25, 0.3) is 0 Å². The summed E-state index contributed by atoms with van der Waals surface area (Å²) in [6, 6.07) is 12.9. The maximum atomic E-state index is 13.4. The minimum absolute atomic E-state index is 0.0464. The average molecular weight is 315 g/mol. The largest absolute Gasteiger partial charge is 0.374 e. The van der Waals surface area contributed by atoms with Crippen LogP contribution in [0.3, 0.4) is 0 Å². The van der Waals surface area contributed by atoms with Crippen LogP contribution in [0.2, 0.25) is 0 Å². The Morgan fingerprint density at radius 1 is 0.913 bits per heavy atom. The van der Waals surface area contributed by atoms with E-state index in [0.29, 0.717) is 17.8 Å². The molecule has 0 bridgehead atoms. The highest BCUT2D eigenvalue weighted by atomic mass is 19.1. The minimum Gasteiger partial charge on any atom is -0.374 e. The van der Waals surface area contributed by atoms with Crippen LogP contribution in [0, 0.1) is 5.82 Å².